The highest BCUT2D eigenvalue weighted by Gasteiger charge is 2.51. The maximum Gasteiger partial charge on any atom is 0.330 e. The first-order valence-corrected chi connectivity index (χ1v) is 23.1. The van der Waals surface area contributed by atoms with Crippen LogP contribution in [0, 0.1) is 0 Å². The molecule has 5 aliphatic rings. The number of sulfonamides is 1. The number of piperidine rings is 1. The maximum absolute atomic E-state index is 12.8. The van der Waals surface area contributed by atoms with Crippen LogP contribution in [0.25, 0.3) is 22.3 Å². The predicted octanol–water partition coefficient (Wildman–Crippen LogP) is 3.60. The van der Waals surface area contributed by atoms with Gasteiger partial charge in [-0.3, -0.25) is 28.0 Å². The number of rotatable bonds is 7. The SMILES string of the molecule is CC.CN1C(=O)NC2(CCC(Nc3ncc4c(n3)n(C3CCCC3)c(=O)n4C)CC2)C1=O.Cn1c(=O)n(C2CCOCC2)c2nc(NC3CCN(S(C)(=O)=O)CC3)ncc21.[HH].[HH].[HH]. The topological polar surface area (TPSA) is 226 Å². The Bertz CT molecular complexity index is 2450. The summed E-state index contributed by atoms with van der Waals surface area (Å²) in [6.07, 6.45) is 14.5. The van der Waals surface area contributed by atoms with Crippen molar-refractivity contribution in [2.75, 3.05) is 50.2 Å². The van der Waals surface area contributed by atoms with Crippen molar-refractivity contribution in [3.63, 3.8) is 0 Å². The monoisotopic (exact) mass is 859 g/mol. The lowest BCUT2D eigenvalue weighted by molar-refractivity contribution is -0.131. The van der Waals surface area contributed by atoms with Crippen molar-refractivity contribution in [2.45, 2.75) is 121 Å². The minimum atomic E-state index is -3.15. The average Bonchev–Trinajstić information content (AvgIpc) is 3.98. The standard InChI is InChI=1S/C20H27N7O3.C17H26N6O4S.C2H6.3H2/c1-25-14-11-21-17(23-15(14)27(19(25)30)13-5-3-4-6-13)22-12-7-9-20(10-8-12)16(28)26(2)18(29)24-20;1-21-14-11-18-16(19-12-3-7-22(8-4-12)28(2,25)26)20-15(14)23(17(21)24)13-5-9-27-10-6-13;1-2;;;/h11-13H,3-10H2,1-2H3,(H,24,29)(H,21,22,23);11-13H,3-10H2,1-2H3,(H,18,19,20);1-2H3;3*1H. The number of imide groups is 1. The van der Waals surface area contributed by atoms with Gasteiger partial charge in [-0.1, -0.05) is 26.7 Å². The Morgan fingerprint density at radius 2 is 1.20 bits per heavy atom. The summed E-state index contributed by atoms with van der Waals surface area (Å²) in [5, 5.41) is 9.55. The van der Waals surface area contributed by atoms with E-state index in [4.69, 9.17) is 9.72 Å². The Hall–Kier alpha value is -4.89. The Morgan fingerprint density at radius 1 is 0.733 bits per heavy atom. The lowest BCUT2D eigenvalue weighted by Crippen LogP contribution is -2.51. The van der Waals surface area contributed by atoms with Gasteiger partial charge >= 0.3 is 17.4 Å². The van der Waals surface area contributed by atoms with E-state index < -0.39 is 15.6 Å². The lowest BCUT2D eigenvalue weighted by Gasteiger charge is -2.35. The molecule has 20 nitrogen and oxygen atoms in total. The Labute approximate surface area is 353 Å². The molecule has 3 aliphatic heterocycles. The summed E-state index contributed by atoms with van der Waals surface area (Å²) in [5.41, 5.74) is 1.86. The van der Waals surface area contributed by atoms with Crippen LogP contribution in [0.5, 0.6) is 0 Å². The normalized spacial score (nSPS) is 23.4. The molecule has 5 fully saturated rings. The molecule has 3 saturated heterocycles. The molecule has 2 aliphatic carbocycles. The molecule has 4 aromatic heterocycles. The first kappa shape index (κ1) is 43.2. The highest BCUT2D eigenvalue weighted by atomic mass is 32.2. The fourth-order valence-corrected chi connectivity index (χ4v) is 10.1. The molecule has 0 atom stereocenters. The molecule has 4 aromatic rings. The molecule has 7 heterocycles. The number of carbonyl (C=O) groups is 2. The van der Waals surface area contributed by atoms with E-state index in [2.05, 4.69) is 30.9 Å². The van der Waals surface area contributed by atoms with E-state index in [1.807, 2.05) is 18.4 Å². The van der Waals surface area contributed by atoms with Gasteiger partial charge in [-0.2, -0.15) is 9.97 Å². The number of aromatic nitrogens is 8. The number of ether oxygens (including phenoxy) is 1. The van der Waals surface area contributed by atoms with E-state index in [0.717, 1.165) is 56.9 Å². The van der Waals surface area contributed by atoms with Crippen LogP contribution < -0.4 is 27.3 Å². The number of anilines is 2. The number of hydrogen-bond acceptors (Lipinski definition) is 13. The predicted molar refractivity (Wildman–Crippen MR) is 233 cm³/mol. The van der Waals surface area contributed by atoms with E-state index in [1.54, 1.807) is 40.2 Å². The number of nitrogens with zero attached hydrogens (tertiary/aromatic N) is 10. The molecule has 0 unspecified atom stereocenters. The zero-order chi connectivity index (χ0) is 42.9. The van der Waals surface area contributed by atoms with E-state index in [1.165, 1.54) is 22.5 Å². The number of hydrogen-bond donors (Lipinski definition) is 3. The Morgan fingerprint density at radius 3 is 1.65 bits per heavy atom. The number of carbonyl (C=O) groups excluding carboxylic acids is 2. The fourth-order valence-electron chi connectivity index (χ4n) is 9.22. The molecule has 2 saturated carbocycles. The van der Waals surface area contributed by atoms with Gasteiger partial charge in [0.25, 0.3) is 5.91 Å². The van der Waals surface area contributed by atoms with Crippen LogP contribution >= 0.6 is 0 Å². The zero-order valence-electron chi connectivity index (χ0n) is 35.5. The molecule has 60 heavy (non-hydrogen) atoms. The number of amides is 3. The van der Waals surface area contributed by atoms with Crippen molar-refractivity contribution < 1.29 is 27.0 Å². The molecule has 9 rings (SSSR count). The molecule has 1 spiro atoms. The summed E-state index contributed by atoms with van der Waals surface area (Å²) < 4.78 is 37.0. The van der Waals surface area contributed by atoms with Gasteiger partial charge in [0.2, 0.25) is 21.9 Å². The third-order valence-electron chi connectivity index (χ3n) is 12.7. The fraction of sp³-hybridized carbons (Fsp3) is 0.692. The molecule has 0 bridgehead atoms. The van der Waals surface area contributed by atoms with Crippen molar-refractivity contribution in [3.8, 4) is 0 Å². The summed E-state index contributed by atoms with van der Waals surface area (Å²) in [7, 11) is 1.86. The van der Waals surface area contributed by atoms with Crippen LogP contribution in [-0.4, -0.2) is 125 Å². The molecule has 3 amide bonds. The van der Waals surface area contributed by atoms with Crippen LogP contribution in [0.15, 0.2) is 22.0 Å². The molecule has 21 heteroatoms. The number of nitrogens with one attached hydrogen (secondary N) is 3. The lowest BCUT2D eigenvalue weighted by atomic mass is 9.79. The highest BCUT2D eigenvalue weighted by Crippen LogP contribution is 2.35. The van der Waals surface area contributed by atoms with E-state index in [9.17, 15) is 27.6 Å². The van der Waals surface area contributed by atoms with Crippen molar-refractivity contribution in [1.82, 2.24) is 52.7 Å². The summed E-state index contributed by atoms with van der Waals surface area (Å²) >= 11 is 0. The smallest absolute Gasteiger partial charge is 0.330 e. The molecule has 334 valence electrons. The van der Waals surface area contributed by atoms with Crippen molar-refractivity contribution in [2.24, 2.45) is 14.1 Å². The van der Waals surface area contributed by atoms with Crippen molar-refractivity contribution in [3.05, 3.63) is 33.4 Å². The third kappa shape index (κ3) is 8.39. The second-order valence-corrected chi connectivity index (χ2v) is 18.4. The molecule has 3 N–H and O–H groups in total. The number of imidazole rings is 2. The zero-order valence-corrected chi connectivity index (χ0v) is 36.3. The van der Waals surface area contributed by atoms with Gasteiger partial charge in [0.1, 0.15) is 16.6 Å². The number of aryl methyl sites for hydroxylation is 2. The number of likely N-dealkylation sites (N-methyl/N-ethyl adjacent to an activating group) is 1. The summed E-state index contributed by atoms with van der Waals surface area (Å²) in [6, 6.07) is 0.161. The maximum atomic E-state index is 12.8. The van der Waals surface area contributed by atoms with Gasteiger partial charge < -0.3 is 20.7 Å². The van der Waals surface area contributed by atoms with E-state index in [-0.39, 0.29) is 51.8 Å². The molecular weight excluding hydrogens is 795 g/mol. The van der Waals surface area contributed by atoms with Crippen LogP contribution in [0.4, 0.5) is 16.7 Å². The average molecular weight is 860 g/mol. The summed E-state index contributed by atoms with van der Waals surface area (Å²) in [5.74, 6) is 0.824. The van der Waals surface area contributed by atoms with Gasteiger partial charge in [-0.15, -0.1) is 0 Å². The Balaban J connectivity index is 0.000000255. The first-order chi connectivity index (χ1) is 28.7. The molecular formula is C39H65N13O7S. The van der Waals surface area contributed by atoms with Crippen molar-refractivity contribution >= 4 is 56.2 Å². The quantitative estimate of drug-likeness (QED) is 0.226. The Kier molecular flexibility index (Phi) is 12.7. The molecule has 0 radical (unpaired) electrons. The van der Waals surface area contributed by atoms with E-state index >= 15 is 0 Å². The van der Waals surface area contributed by atoms with Gasteiger partial charge in [-0.05, 0) is 64.2 Å². The number of urea groups is 1. The minimum Gasteiger partial charge on any atom is -0.381 e. The van der Waals surface area contributed by atoms with E-state index in [0.29, 0.717) is 80.7 Å². The van der Waals surface area contributed by atoms with Crippen molar-refractivity contribution in [1.29, 1.82) is 0 Å². The first-order valence-electron chi connectivity index (χ1n) is 21.3. The van der Waals surface area contributed by atoms with Gasteiger partial charge in [0, 0.05) is 75.9 Å². The minimum absolute atomic E-state index is 0. The third-order valence-corrected chi connectivity index (χ3v) is 14.0. The van der Waals surface area contributed by atoms with Gasteiger partial charge in [-0.25, -0.2) is 37.1 Å². The second kappa shape index (κ2) is 17.6. The van der Waals surface area contributed by atoms with Crippen LogP contribution in [-0.2, 0) is 33.7 Å². The van der Waals surface area contributed by atoms with Crippen LogP contribution in [0.1, 0.15) is 107 Å². The second-order valence-electron chi connectivity index (χ2n) is 16.4. The summed E-state index contributed by atoms with van der Waals surface area (Å²) in [4.78, 5) is 69.2. The summed E-state index contributed by atoms with van der Waals surface area (Å²) in [6.45, 7) is 6.25. The number of fused-ring (bicyclic) bond motifs is 2. The molecule has 0 aromatic carbocycles. The van der Waals surface area contributed by atoms with Crippen LogP contribution in [0.2, 0.25) is 0 Å². The highest BCUT2D eigenvalue weighted by molar-refractivity contribution is 7.88. The van der Waals surface area contributed by atoms with Gasteiger partial charge in [0.05, 0.1) is 18.6 Å². The largest absolute Gasteiger partial charge is 0.381 e. The van der Waals surface area contributed by atoms with Gasteiger partial charge in [0.15, 0.2) is 11.3 Å². The van der Waals surface area contributed by atoms with Crippen LogP contribution in [0.3, 0.4) is 0 Å².